The van der Waals surface area contributed by atoms with Crippen LogP contribution in [0, 0.1) is 0 Å². The van der Waals surface area contributed by atoms with Gasteiger partial charge in [-0.25, -0.2) is 0 Å². The zero-order chi connectivity index (χ0) is 14.5. The van der Waals surface area contributed by atoms with Crippen LogP contribution in [-0.4, -0.2) is 27.7 Å². The minimum atomic E-state index is -2.37. The van der Waals surface area contributed by atoms with Gasteiger partial charge >= 0.3 is 0 Å². The summed E-state index contributed by atoms with van der Waals surface area (Å²) < 4.78 is 38.3. The number of guanidine groups is 1. The molecule has 1 aromatic carbocycles. The maximum atomic E-state index is 7.54. The van der Waals surface area contributed by atoms with E-state index in [2.05, 4.69) is 24.4 Å². The fourth-order valence-corrected chi connectivity index (χ4v) is 2.06. The van der Waals surface area contributed by atoms with E-state index in [0.717, 1.165) is 11.7 Å². The van der Waals surface area contributed by atoms with Crippen LogP contribution in [0.1, 0.15) is 5.48 Å². The lowest BCUT2D eigenvalue weighted by Crippen LogP contribution is -2.26. The number of hydrogen-bond acceptors (Lipinski definition) is 6. The second-order valence-electron chi connectivity index (χ2n) is 3.00. The summed E-state index contributed by atoms with van der Waals surface area (Å²) in [5, 5.41) is 5.49. The van der Waals surface area contributed by atoms with Gasteiger partial charge in [0.2, 0.25) is 0 Å². The number of nitrogens with zero attached hydrogens (tertiary/aromatic N) is 3. The molecule has 2 heterocycles. The summed E-state index contributed by atoms with van der Waals surface area (Å²) in [5.41, 5.74) is 1.59. The molecule has 0 fully saturated rings. The van der Waals surface area contributed by atoms with E-state index in [0.29, 0.717) is 21.7 Å². The lowest BCUT2D eigenvalue weighted by molar-refractivity contribution is 0.959. The topological polar surface area (TPSA) is 62.2 Å². The molecule has 0 atom stereocenters. The highest BCUT2D eigenvalue weighted by Gasteiger charge is 2.13. The molecule has 0 bridgehead atoms. The average Bonchev–Trinajstić information content (AvgIpc) is 2.86. The summed E-state index contributed by atoms with van der Waals surface area (Å²) >= 11 is 7.11. The van der Waals surface area contributed by atoms with Gasteiger partial charge in [-0.05, 0) is 12.1 Å². The molecule has 5 nitrogen and oxygen atoms in total. The Labute approximate surface area is 106 Å². The summed E-state index contributed by atoms with van der Waals surface area (Å²) in [6.07, 6.45) is 0. The molecule has 0 radical (unpaired) electrons. The van der Waals surface area contributed by atoms with Crippen molar-refractivity contribution in [3.05, 3.63) is 17.2 Å². The Kier molecular flexibility index (Phi) is 1.54. The second-order valence-corrected chi connectivity index (χ2v) is 3.94. The molecule has 1 aliphatic rings. The third-order valence-electron chi connectivity index (χ3n) is 2.02. The molecule has 16 heavy (non-hydrogen) atoms. The molecule has 0 saturated heterocycles. The Hall–Kier alpha value is -1.40. The van der Waals surface area contributed by atoms with Crippen molar-refractivity contribution >= 4 is 46.0 Å². The van der Waals surface area contributed by atoms with Gasteiger partial charge in [0.15, 0.2) is 5.96 Å². The van der Waals surface area contributed by atoms with Crippen molar-refractivity contribution in [2.24, 2.45) is 4.99 Å². The second kappa shape index (κ2) is 3.88. The SMILES string of the molecule is [2H]C1([2H])N=C(Nc2c(Cl)ccc3nsnc23)NC1([2H])[2H]. The fourth-order valence-electron chi connectivity index (χ4n) is 1.32. The zero-order valence-electron chi connectivity index (χ0n) is 11.8. The van der Waals surface area contributed by atoms with Crippen molar-refractivity contribution in [3.63, 3.8) is 0 Å². The van der Waals surface area contributed by atoms with Crippen LogP contribution in [0.5, 0.6) is 0 Å². The number of halogens is 1. The number of hydrogen-bond donors (Lipinski definition) is 2. The maximum Gasteiger partial charge on any atom is 0.196 e. The van der Waals surface area contributed by atoms with Crippen LogP contribution in [0.4, 0.5) is 5.69 Å². The number of aromatic nitrogens is 2. The van der Waals surface area contributed by atoms with E-state index < -0.39 is 13.0 Å². The Balaban J connectivity index is 1.99. The van der Waals surface area contributed by atoms with Gasteiger partial charge in [0.1, 0.15) is 11.0 Å². The highest BCUT2D eigenvalue weighted by atomic mass is 35.5. The van der Waals surface area contributed by atoms with Crippen LogP contribution in [0.2, 0.25) is 5.02 Å². The smallest absolute Gasteiger partial charge is 0.196 e. The van der Waals surface area contributed by atoms with Gasteiger partial charge in [0.25, 0.3) is 0 Å². The van der Waals surface area contributed by atoms with Crippen molar-refractivity contribution in [1.29, 1.82) is 0 Å². The number of benzene rings is 1. The van der Waals surface area contributed by atoms with Crippen molar-refractivity contribution in [1.82, 2.24) is 14.1 Å². The Bertz CT molecular complexity index is 715. The molecule has 1 aromatic heterocycles. The first-order valence-electron chi connectivity index (χ1n) is 6.36. The van der Waals surface area contributed by atoms with E-state index in [1.807, 2.05) is 0 Å². The summed E-state index contributed by atoms with van der Waals surface area (Å²) in [6, 6.07) is 3.35. The van der Waals surface area contributed by atoms with E-state index >= 15 is 0 Å². The molecule has 0 amide bonds. The van der Waals surface area contributed by atoms with Crippen molar-refractivity contribution in [2.75, 3.05) is 18.3 Å². The van der Waals surface area contributed by atoms with Gasteiger partial charge in [-0.3, -0.25) is 4.99 Å². The van der Waals surface area contributed by atoms with E-state index in [1.54, 1.807) is 12.1 Å². The Morgan fingerprint density at radius 3 is 3.25 bits per heavy atom. The van der Waals surface area contributed by atoms with Crippen molar-refractivity contribution < 1.29 is 5.48 Å². The van der Waals surface area contributed by atoms with E-state index in [9.17, 15) is 0 Å². The number of anilines is 1. The van der Waals surface area contributed by atoms with Crippen LogP contribution in [0.25, 0.3) is 11.0 Å². The highest BCUT2D eigenvalue weighted by molar-refractivity contribution is 7.00. The van der Waals surface area contributed by atoms with Crippen molar-refractivity contribution in [3.8, 4) is 0 Å². The third kappa shape index (κ3) is 1.60. The normalized spacial score (nSPS) is 24.9. The number of rotatable bonds is 1. The largest absolute Gasteiger partial charge is 0.354 e. The molecule has 0 unspecified atom stereocenters. The summed E-state index contributed by atoms with van der Waals surface area (Å²) in [5.74, 6) is -0.0394. The first-order valence-corrected chi connectivity index (χ1v) is 5.47. The highest BCUT2D eigenvalue weighted by Crippen LogP contribution is 2.29. The maximum absolute atomic E-state index is 7.54. The first-order chi connectivity index (χ1) is 9.30. The Morgan fingerprint density at radius 1 is 1.50 bits per heavy atom. The molecule has 2 aromatic rings. The lowest BCUT2D eigenvalue weighted by atomic mass is 10.2. The van der Waals surface area contributed by atoms with Gasteiger partial charge in [-0.1, -0.05) is 11.6 Å². The molecule has 0 aliphatic carbocycles. The molecular weight excluding hydrogens is 246 g/mol. The van der Waals surface area contributed by atoms with Crippen LogP contribution < -0.4 is 10.6 Å². The number of aliphatic imine (C=N–C) groups is 1. The predicted molar refractivity (Wildman–Crippen MR) is 66.4 cm³/mol. The number of fused-ring (bicyclic) bond motifs is 1. The molecule has 82 valence electrons. The minimum Gasteiger partial charge on any atom is -0.354 e. The molecule has 7 heteroatoms. The molecule has 3 rings (SSSR count). The van der Waals surface area contributed by atoms with E-state index in [4.69, 9.17) is 17.1 Å². The van der Waals surface area contributed by atoms with Crippen LogP contribution in [0.3, 0.4) is 0 Å². The first kappa shape index (κ1) is 6.36. The molecule has 2 N–H and O–H groups in total. The minimum absolute atomic E-state index is 0.0394. The van der Waals surface area contributed by atoms with Gasteiger partial charge in [-0.15, -0.1) is 0 Å². The van der Waals surface area contributed by atoms with Crippen LogP contribution in [-0.2, 0) is 0 Å². The lowest BCUT2D eigenvalue weighted by Gasteiger charge is -2.08. The monoisotopic (exact) mass is 257 g/mol. The van der Waals surface area contributed by atoms with Gasteiger partial charge in [0, 0.05) is 6.50 Å². The summed E-state index contributed by atoms with van der Waals surface area (Å²) in [7, 11) is 0. The van der Waals surface area contributed by atoms with Gasteiger partial charge in [0.05, 0.1) is 34.4 Å². The third-order valence-corrected chi connectivity index (χ3v) is 2.88. The average molecular weight is 258 g/mol. The summed E-state index contributed by atoms with van der Waals surface area (Å²) in [4.78, 5) is 3.65. The van der Waals surface area contributed by atoms with Gasteiger partial charge < -0.3 is 10.6 Å². The predicted octanol–water partition coefficient (Wildman–Crippen LogP) is 1.72. The van der Waals surface area contributed by atoms with Gasteiger partial charge in [-0.2, -0.15) is 8.75 Å². The van der Waals surface area contributed by atoms with Crippen molar-refractivity contribution in [2.45, 2.75) is 0 Å². The van der Waals surface area contributed by atoms with Crippen LogP contribution >= 0.6 is 23.3 Å². The fraction of sp³-hybridized carbons (Fsp3) is 0.222. The quantitative estimate of drug-likeness (QED) is 0.817. The molecular formula is C9H8ClN5S. The van der Waals surface area contributed by atoms with Crippen LogP contribution in [0.15, 0.2) is 17.1 Å². The molecule has 1 aliphatic heterocycles. The zero-order valence-corrected chi connectivity index (χ0v) is 9.35. The molecule has 0 spiro atoms. The molecule has 0 saturated carbocycles. The Morgan fingerprint density at radius 2 is 2.44 bits per heavy atom. The van der Waals surface area contributed by atoms with E-state index in [1.165, 1.54) is 0 Å². The van der Waals surface area contributed by atoms with E-state index in [-0.39, 0.29) is 5.96 Å². The summed E-state index contributed by atoms with van der Waals surface area (Å²) in [6.45, 7) is -4.66. The standard InChI is InChI=1S/C9H8ClN5S/c10-5-1-2-6-8(15-16-14-6)7(5)13-9-11-3-4-12-9/h1-2H,3-4H2,(H2,11,12,13)/i3D2,4D2. The number of nitrogens with one attached hydrogen (secondary N) is 2.